The van der Waals surface area contributed by atoms with Gasteiger partial charge >= 0.3 is 0 Å². The highest BCUT2D eigenvalue weighted by Gasteiger charge is 2.17. The van der Waals surface area contributed by atoms with Crippen molar-refractivity contribution >= 4 is 0 Å². The van der Waals surface area contributed by atoms with Gasteiger partial charge in [0.1, 0.15) is 5.82 Å². The molecule has 1 aromatic carbocycles. The Balaban J connectivity index is 1.89. The molecule has 3 aromatic rings. The molecule has 7 nitrogen and oxygen atoms in total. The van der Waals surface area contributed by atoms with Gasteiger partial charge in [0.25, 0.3) is 0 Å². The molecule has 0 aliphatic rings. The van der Waals surface area contributed by atoms with E-state index in [4.69, 9.17) is 19.6 Å². The Morgan fingerprint density at radius 2 is 2.00 bits per heavy atom. The summed E-state index contributed by atoms with van der Waals surface area (Å²) in [6, 6.07) is 8.59. The van der Waals surface area contributed by atoms with Gasteiger partial charge in [-0.1, -0.05) is 6.07 Å². The molecule has 0 fully saturated rings. The first-order valence-electron chi connectivity index (χ1n) is 6.66. The van der Waals surface area contributed by atoms with Crippen LogP contribution >= 0.6 is 0 Å². The SMILES string of the molecule is COc1ccc([C@H](N)c2nc(-c3ccco3)n[nH]2)cc1OC. The summed E-state index contributed by atoms with van der Waals surface area (Å²) in [6.07, 6.45) is 1.57. The number of furan rings is 1. The number of nitrogens with two attached hydrogens (primary N) is 1. The third-order valence-corrected chi connectivity index (χ3v) is 3.31. The van der Waals surface area contributed by atoms with Crippen molar-refractivity contribution in [2.75, 3.05) is 14.2 Å². The van der Waals surface area contributed by atoms with Gasteiger partial charge in [-0.15, -0.1) is 5.10 Å². The normalized spacial score (nSPS) is 12.1. The largest absolute Gasteiger partial charge is 0.493 e. The number of benzene rings is 1. The Labute approximate surface area is 127 Å². The molecule has 0 unspecified atom stereocenters. The molecule has 22 heavy (non-hydrogen) atoms. The topological polar surface area (TPSA) is 99.2 Å². The fourth-order valence-corrected chi connectivity index (χ4v) is 2.13. The number of aromatic amines is 1. The maximum Gasteiger partial charge on any atom is 0.216 e. The van der Waals surface area contributed by atoms with Gasteiger partial charge in [0.2, 0.25) is 5.82 Å². The predicted molar refractivity (Wildman–Crippen MR) is 79.7 cm³/mol. The number of nitrogens with zero attached hydrogens (tertiary/aromatic N) is 2. The first-order chi connectivity index (χ1) is 10.7. The van der Waals surface area contributed by atoms with Crippen LogP contribution in [0.4, 0.5) is 0 Å². The fraction of sp³-hybridized carbons (Fsp3) is 0.200. The second-order valence-corrected chi connectivity index (χ2v) is 4.61. The molecule has 0 amide bonds. The summed E-state index contributed by atoms with van der Waals surface area (Å²) < 4.78 is 15.8. The third kappa shape index (κ3) is 2.53. The molecule has 0 aliphatic heterocycles. The second-order valence-electron chi connectivity index (χ2n) is 4.61. The lowest BCUT2D eigenvalue weighted by atomic mass is 10.1. The lowest BCUT2D eigenvalue weighted by molar-refractivity contribution is 0.354. The number of rotatable bonds is 5. The van der Waals surface area contributed by atoms with Gasteiger partial charge in [-0.2, -0.15) is 0 Å². The maximum absolute atomic E-state index is 6.24. The zero-order valence-corrected chi connectivity index (χ0v) is 12.2. The van der Waals surface area contributed by atoms with Crippen molar-refractivity contribution in [3.05, 3.63) is 48.0 Å². The van der Waals surface area contributed by atoms with E-state index in [2.05, 4.69) is 15.2 Å². The molecule has 0 radical (unpaired) electrons. The predicted octanol–water partition coefficient (Wildman–Crippen LogP) is 2.13. The molecule has 0 bridgehead atoms. The molecule has 0 saturated heterocycles. The van der Waals surface area contributed by atoms with Crippen LogP contribution in [0.15, 0.2) is 41.0 Å². The highest BCUT2D eigenvalue weighted by Crippen LogP contribution is 2.30. The Bertz CT molecular complexity index is 752. The number of hydrogen-bond donors (Lipinski definition) is 2. The van der Waals surface area contributed by atoms with Gasteiger partial charge in [-0.3, -0.25) is 5.10 Å². The van der Waals surface area contributed by atoms with E-state index < -0.39 is 6.04 Å². The molecule has 0 saturated carbocycles. The monoisotopic (exact) mass is 300 g/mol. The van der Waals surface area contributed by atoms with Crippen LogP contribution in [0.1, 0.15) is 17.4 Å². The highest BCUT2D eigenvalue weighted by atomic mass is 16.5. The smallest absolute Gasteiger partial charge is 0.216 e. The number of ether oxygens (including phenoxy) is 2. The van der Waals surface area contributed by atoms with Crippen LogP contribution in [-0.2, 0) is 0 Å². The summed E-state index contributed by atoms with van der Waals surface area (Å²) in [5, 5.41) is 6.96. The van der Waals surface area contributed by atoms with Crippen LogP contribution in [-0.4, -0.2) is 29.4 Å². The van der Waals surface area contributed by atoms with E-state index in [1.54, 1.807) is 38.7 Å². The summed E-state index contributed by atoms with van der Waals surface area (Å²) in [4.78, 5) is 4.37. The molecule has 0 spiro atoms. The number of nitrogens with one attached hydrogen (secondary N) is 1. The zero-order chi connectivity index (χ0) is 15.5. The van der Waals surface area contributed by atoms with Crippen LogP contribution < -0.4 is 15.2 Å². The van der Waals surface area contributed by atoms with E-state index >= 15 is 0 Å². The molecule has 3 rings (SSSR count). The standard InChI is InChI=1S/C15H16N4O3/c1-20-10-6-5-9(8-12(10)21-2)13(16)15-17-14(18-19-15)11-4-3-7-22-11/h3-8,13H,16H2,1-2H3,(H,17,18,19)/t13-/m0/s1. The molecule has 114 valence electrons. The van der Waals surface area contributed by atoms with Crippen LogP contribution in [0, 0.1) is 0 Å². The highest BCUT2D eigenvalue weighted by molar-refractivity contribution is 5.47. The Hall–Kier alpha value is -2.80. The van der Waals surface area contributed by atoms with E-state index in [1.807, 2.05) is 12.1 Å². The van der Waals surface area contributed by atoms with Gasteiger partial charge in [0.05, 0.1) is 26.5 Å². The van der Waals surface area contributed by atoms with Crippen LogP contribution in [0.2, 0.25) is 0 Å². The summed E-state index contributed by atoms with van der Waals surface area (Å²) in [5.74, 6) is 2.85. The molecule has 2 heterocycles. The van der Waals surface area contributed by atoms with Gasteiger partial charge in [-0.25, -0.2) is 4.98 Å². The second kappa shape index (κ2) is 5.90. The summed E-state index contributed by atoms with van der Waals surface area (Å²) in [5.41, 5.74) is 7.07. The van der Waals surface area contributed by atoms with Gasteiger partial charge in [0.15, 0.2) is 17.3 Å². The van der Waals surface area contributed by atoms with Crippen molar-refractivity contribution in [1.29, 1.82) is 0 Å². The van der Waals surface area contributed by atoms with E-state index in [0.29, 0.717) is 28.9 Å². The lowest BCUT2D eigenvalue weighted by Gasteiger charge is -2.12. The maximum atomic E-state index is 6.24. The summed E-state index contributed by atoms with van der Waals surface area (Å²) in [6.45, 7) is 0. The quantitative estimate of drug-likeness (QED) is 0.749. The number of H-pyrrole nitrogens is 1. The molecule has 7 heteroatoms. The molecule has 3 N–H and O–H groups in total. The molecule has 2 aromatic heterocycles. The van der Waals surface area contributed by atoms with Gasteiger partial charge in [-0.05, 0) is 29.8 Å². The van der Waals surface area contributed by atoms with E-state index in [1.165, 1.54) is 0 Å². The summed E-state index contributed by atoms with van der Waals surface area (Å²) in [7, 11) is 3.17. The minimum absolute atomic E-state index is 0.462. The number of hydrogen-bond acceptors (Lipinski definition) is 6. The van der Waals surface area contributed by atoms with Crippen molar-refractivity contribution in [3.8, 4) is 23.1 Å². The van der Waals surface area contributed by atoms with Gasteiger partial charge in [0, 0.05) is 0 Å². The van der Waals surface area contributed by atoms with E-state index in [0.717, 1.165) is 5.56 Å². The van der Waals surface area contributed by atoms with E-state index in [-0.39, 0.29) is 0 Å². The lowest BCUT2D eigenvalue weighted by Crippen LogP contribution is -2.14. The Morgan fingerprint density at radius 1 is 1.18 bits per heavy atom. The zero-order valence-electron chi connectivity index (χ0n) is 12.2. The van der Waals surface area contributed by atoms with Crippen molar-refractivity contribution in [2.24, 2.45) is 5.73 Å². The average molecular weight is 300 g/mol. The van der Waals surface area contributed by atoms with Crippen molar-refractivity contribution < 1.29 is 13.9 Å². The minimum Gasteiger partial charge on any atom is -0.493 e. The van der Waals surface area contributed by atoms with Crippen molar-refractivity contribution in [3.63, 3.8) is 0 Å². The summed E-state index contributed by atoms with van der Waals surface area (Å²) >= 11 is 0. The first-order valence-corrected chi connectivity index (χ1v) is 6.66. The Kier molecular flexibility index (Phi) is 3.80. The molecular weight excluding hydrogens is 284 g/mol. The fourth-order valence-electron chi connectivity index (χ4n) is 2.13. The average Bonchev–Trinajstić information content (AvgIpc) is 3.24. The van der Waals surface area contributed by atoms with Gasteiger partial charge < -0.3 is 19.6 Å². The van der Waals surface area contributed by atoms with Crippen LogP contribution in [0.3, 0.4) is 0 Å². The Morgan fingerprint density at radius 3 is 2.68 bits per heavy atom. The molecular formula is C15H16N4O3. The van der Waals surface area contributed by atoms with Crippen molar-refractivity contribution in [2.45, 2.75) is 6.04 Å². The number of aromatic nitrogens is 3. The minimum atomic E-state index is -0.462. The van der Waals surface area contributed by atoms with Crippen LogP contribution in [0.25, 0.3) is 11.6 Å². The van der Waals surface area contributed by atoms with E-state index in [9.17, 15) is 0 Å². The number of methoxy groups -OCH3 is 2. The van der Waals surface area contributed by atoms with Crippen molar-refractivity contribution in [1.82, 2.24) is 15.2 Å². The molecule has 1 atom stereocenters. The van der Waals surface area contributed by atoms with Crippen LogP contribution in [0.5, 0.6) is 11.5 Å². The first kappa shape index (κ1) is 14.2. The molecule has 0 aliphatic carbocycles. The third-order valence-electron chi connectivity index (χ3n) is 3.31.